The molecule has 0 aliphatic carbocycles. The summed E-state index contributed by atoms with van der Waals surface area (Å²) in [6, 6.07) is 2.86. The van der Waals surface area contributed by atoms with E-state index in [1.54, 1.807) is 20.8 Å². The smallest absolute Gasteiger partial charge is 0.244 e. The zero-order valence-electron chi connectivity index (χ0n) is 11.4. The zero-order valence-corrected chi connectivity index (χ0v) is 13.0. The maximum atomic E-state index is 12.5. The van der Waals surface area contributed by atoms with Crippen molar-refractivity contribution in [3.8, 4) is 0 Å². The number of nitrogen functional groups attached to an aromatic ring is 1. The highest BCUT2D eigenvalue weighted by molar-refractivity contribution is 7.89. The molecule has 3 N–H and O–H groups in total. The van der Waals surface area contributed by atoms with Gasteiger partial charge in [0.05, 0.1) is 17.2 Å². The molecule has 5 nitrogen and oxygen atoms in total. The van der Waals surface area contributed by atoms with Crippen LogP contribution < -0.4 is 5.73 Å². The highest BCUT2D eigenvalue weighted by Crippen LogP contribution is 2.31. The minimum Gasteiger partial charge on any atom is -0.398 e. The van der Waals surface area contributed by atoms with Gasteiger partial charge in [0.2, 0.25) is 10.0 Å². The van der Waals surface area contributed by atoms with Gasteiger partial charge in [-0.15, -0.1) is 0 Å². The molecule has 0 fully saturated rings. The lowest BCUT2D eigenvalue weighted by molar-refractivity contribution is 0.138. The molecule has 1 aromatic carbocycles. The predicted molar refractivity (Wildman–Crippen MR) is 76.7 cm³/mol. The molecule has 0 saturated carbocycles. The molecule has 1 rings (SSSR count). The lowest BCUT2D eigenvalue weighted by atomic mass is 10.1. The Kier molecular flexibility index (Phi) is 4.51. The normalized spacial score (nSPS) is 13.0. The number of halogens is 1. The minimum absolute atomic E-state index is 0.0544. The van der Waals surface area contributed by atoms with Crippen molar-refractivity contribution in [3.05, 3.63) is 22.7 Å². The molecule has 108 valence electrons. The molecule has 1 aromatic rings. The molecule has 0 aliphatic rings. The first-order valence-electron chi connectivity index (χ1n) is 5.69. The first-order chi connectivity index (χ1) is 8.54. The Morgan fingerprint density at radius 3 is 2.42 bits per heavy atom. The van der Waals surface area contributed by atoms with Crippen LogP contribution in [0.25, 0.3) is 0 Å². The molecular formula is C12H19ClN2O3S. The second kappa shape index (κ2) is 5.28. The van der Waals surface area contributed by atoms with E-state index in [1.807, 2.05) is 0 Å². The number of rotatable bonds is 4. The number of likely N-dealkylation sites (N-methyl/N-ethyl adjacent to an activating group) is 1. The maximum absolute atomic E-state index is 12.5. The van der Waals surface area contributed by atoms with Crippen LogP contribution in [0.4, 0.5) is 5.69 Å². The number of hydrogen-bond acceptors (Lipinski definition) is 4. The third-order valence-corrected chi connectivity index (χ3v) is 5.73. The summed E-state index contributed by atoms with van der Waals surface area (Å²) in [5.41, 5.74) is 5.88. The molecule has 19 heavy (non-hydrogen) atoms. The summed E-state index contributed by atoms with van der Waals surface area (Å²) in [6.07, 6.45) is 0. The van der Waals surface area contributed by atoms with Gasteiger partial charge in [-0.2, -0.15) is 4.31 Å². The number of benzene rings is 1. The first kappa shape index (κ1) is 16.2. The van der Waals surface area contributed by atoms with Gasteiger partial charge >= 0.3 is 0 Å². The fraction of sp³-hybridized carbons (Fsp3) is 0.500. The van der Waals surface area contributed by atoms with Crippen molar-refractivity contribution >= 4 is 27.3 Å². The zero-order chi connectivity index (χ0) is 15.0. The third-order valence-electron chi connectivity index (χ3n) is 3.20. The Hall–Kier alpha value is -0.820. The molecule has 0 aliphatic heterocycles. The molecule has 0 bridgehead atoms. The van der Waals surface area contributed by atoms with Gasteiger partial charge < -0.3 is 10.8 Å². The van der Waals surface area contributed by atoms with Crippen LogP contribution in [0.1, 0.15) is 19.4 Å². The molecular weight excluding hydrogens is 288 g/mol. The van der Waals surface area contributed by atoms with E-state index < -0.39 is 15.6 Å². The largest absolute Gasteiger partial charge is 0.398 e. The molecule has 0 radical (unpaired) electrons. The standard InChI is InChI=1S/C12H19ClN2O3S/c1-8-5-9(13)11(6-10(8)14)19(17,18)15(4)12(2,3)7-16/h5-6,16H,7,14H2,1-4H3. The van der Waals surface area contributed by atoms with Crippen molar-refractivity contribution in [2.75, 3.05) is 19.4 Å². The highest BCUT2D eigenvalue weighted by atomic mass is 35.5. The molecule has 0 atom stereocenters. The van der Waals surface area contributed by atoms with E-state index in [-0.39, 0.29) is 16.5 Å². The van der Waals surface area contributed by atoms with E-state index in [4.69, 9.17) is 17.3 Å². The number of aliphatic hydroxyl groups excluding tert-OH is 1. The average Bonchev–Trinajstić information content (AvgIpc) is 2.32. The topological polar surface area (TPSA) is 83.6 Å². The van der Waals surface area contributed by atoms with Gasteiger partial charge in [0.25, 0.3) is 0 Å². The SMILES string of the molecule is Cc1cc(Cl)c(S(=O)(=O)N(C)C(C)(C)CO)cc1N. The Labute approximate surface area is 119 Å². The summed E-state index contributed by atoms with van der Waals surface area (Å²) < 4.78 is 26.1. The summed E-state index contributed by atoms with van der Waals surface area (Å²) in [5.74, 6) is 0. The van der Waals surface area contributed by atoms with Gasteiger partial charge in [0.1, 0.15) is 4.90 Å². The van der Waals surface area contributed by atoms with Crippen molar-refractivity contribution < 1.29 is 13.5 Å². The lowest BCUT2D eigenvalue weighted by Gasteiger charge is -2.33. The third kappa shape index (κ3) is 3.02. The Morgan fingerprint density at radius 1 is 1.42 bits per heavy atom. The van der Waals surface area contributed by atoms with E-state index in [1.165, 1.54) is 19.2 Å². The van der Waals surface area contributed by atoms with Crippen LogP contribution in [0, 0.1) is 6.92 Å². The van der Waals surface area contributed by atoms with Crippen LogP contribution in [0.3, 0.4) is 0 Å². The molecule has 0 amide bonds. The predicted octanol–water partition coefficient (Wildman–Crippen LogP) is 1.62. The average molecular weight is 307 g/mol. The second-order valence-electron chi connectivity index (χ2n) is 5.08. The molecule has 0 unspecified atom stereocenters. The maximum Gasteiger partial charge on any atom is 0.244 e. The fourth-order valence-electron chi connectivity index (χ4n) is 1.44. The van der Waals surface area contributed by atoms with Crippen molar-refractivity contribution in [2.24, 2.45) is 0 Å². The van der Waals surface area contributed by atoms with Crippen molar-refractivity contribution in [2.45, 2.75) is 31.2 Å². The molecule has 0 aromatic heterocycles. The number of anilines is 1. The van der Waals surface area contributed by atoms with Crippen LogP contribution in [0.2, 0.25) is 5.02 Å². The second-order valence-corrected chi connectivity index (χ2v) is 7.43. The number of sulfonamides is 1. The van der Waals surface area contributed by atoms with Gasteiger partial charge in [0.15, 0.2) is 0 Å². The van der Waals surface area contributed by atoms with Gasteiger partial charge in [-0.1, -0.05) is 11.6 Å². The van der Waals surface area contributed by atoms with Crippen molar-refractivity contribution in [1.82, 2.24) is 4.31 Å². The number of aryl methyl sites for hydroxylation is 1. The van der Waals surface area contributed by atoms with Crippen LogP contribution in [-0.2, 0) is 10.0 Å². The summed E-state index contributed by atoms with van der Waals surface area (Å²) in [6.45, 7) is 4.69. The number of nitrogens with two attached hydrogens (primary N) is 1. The van der Waals surface area contributed by atoms with E-state index in [0.29, 0.717) is 11.3 Å². The summed E-state index contributed by atoms with van der Waals surface area (Å²) in [4.78, 5) is -0.0544. The van der Waals surface area contributed by atoms with Crippen LogP contribution in [0.5, 0.6) is 0 Å². The first-order valence-corrected chi connectivity index (χ1v) is 7.51. The molecule has 0 saturated heterocycles. The Morgan fingerprint density at radius 2 is 1.95 bits per heavy atom. The van der Waals surface area contributed by atoms with Crippen molar-refractivity contribution in [3.63, 3.8) is 0 Å². The number of nitrogens with zero attached hydrogens (tertiary/aromatic N) is 1. The Balaban J connectivity index is 3.40. The number of aliphatic hydroxyl groups is 1. The van der Waals surface area contributed by atoms with Crippen LogP contribution >= 0.6 is 11.6 Å². The fourth-order valence-corrected chi connectivity index (χ4v) is 3.53. The summed E-state index contributed by atoms with van der Waals surface area (Å²) in [5, 5.41) is 9.40. The monoisotopic (exact) mass is 306 g/mol. The highest BCUT2D eigenvalue weighted by Gasteiger charge is 2.34. The summed E-state index contributed by atoms with van der Waals surface area (Å²) in [7, 11) is -2.42. The van der Waals surface area contributed by atoms with E-state index >= 15 is 0 Å². The quantitative estimate of drug-likeness (QED) is 0.828. The van der Waals surface area contributed by atoms with Crippen LogP contribution in [0.15, 0.2) is 17.0 Å². The van der Waals surface area contributed by atoms with Crippen LogP contribution in [-0.4, -0.2) is 37.0 Å². The van der Waals surface area contributed by atoms with E-state index in [2.05, 4.69) is 0 Å². The molecule has 0 spiro atoms. The van der Waals surface area contributed by atoms with Crippen molar-refractivity contribution in [1.29, 1.82) is 0 Å². The molecule has 0 heterocycles. The Bertz CT molecular complexity index is 585. The van der Waals surface area contributed by atoms with E-state index in [0.717, 1.165) is 4.31 Å². The number of hydrogen-bond donors (Lipinski definition) is 2. The van der Waals surface area contributed by atoms with E-state index in [9.17, 15) is 13.5 Å². The summed E-state index contributed by atoms with van der Waals surface area (Å²) >= 11 is 6.00. The van der Waals surface area contributed by atoms with Gasteiger partial charge in [-0.25, -0.2) is 8.42 Å². The van der Waals surface area contributed by atoms with Gasteiger partial charge in [-0.3, -0.25) is 0 Å². The molecule has 7 heteroatoms. The van der Waals surface area contributed by atoms with Gasteiger partial charge in [-0.05, 0) is 38.5 Å². The lowest BCUT2D eigenvalue weighted by Crippen LogP contribution is -2.47. The van der Waals surface area contributed by atoms with Gasteiger partial charge in [0, 0.05) is 12.7 Å². The minimum atomic E-state index is -3.82.